The molecule has 1 rings (SSSR count). The van der Waals surface area contributed by atoms with Crippen LogP contribution in [-0.4, -0.2) is 11.7 Å². The maximum Gasteiger partial charge on any atom is 0.0465 e. The van der Waals surface area contributed by atoms with Crippen LogP contribution in [0, 0.1) is 17.8 Å². The summed E-state index contributed by atoms with van der Waals surface area (Å²) in [5.74, 6) is 1.43. The third-order valence-corrected chi connectivity index (χ3v) is 2.81. The van der Waals surface area contributed by atoms with Crippen LogP contribution in [0.3, 0.4) is 0 Å². The fraction of sp³-hybridized carbons (Fsp3) is 0.636. The van der Waals surface area contributed by atoms with Crippen molar-refractivity contribution >= 4 is 0 Å². The van der Waals surface area contributed by atoms with E-state index in [0.29, 0.717) is 24.4 Å². The Morgan fingerprint density at radius 2 is 2.25 bits per heavy atom. The number of hydrogen-bond acceptors (Lipinski definition) is 1. The van der Waals surface area contributed by atoms with Gasteiger partial charge in [0.15, 0.2) is 0 Å². The van der Waals surface area contributed by atoms with Crippen LogP contribution in [0.4, 0.5) is 0 Å². The van der Waals surface area contributed by atoms with Gasteiger partial charge in [-0.05, 0) is 31.1 Å². The molecule has 0 aromatic carbocycles. The van der Waals surface area contributed by atoms with Crippen molar-refractivity contribution in [2.45, 2.75) is 20.3 Å². The van der Waals surface area contributed by atoms with Crippen LogP contribution in [0.5, 0.6) is 0 Å². The van der Waals surface area contributed by atoms with Gasteiger partial charge in [0.25, 0.3) is 0 Å². The molecule has 1 aliphatic rings. The van der Waals surface area contributed by atoms with Crippen molar-refractivity contribution in [2.24, 2.45) is 17.8 Å². The van der Waals surface area contributed by atoms with Crippen molar-refractivity contribution in [3.05, 3.63) is 24.3 Å². The quantitative estimate of drug-likeness (QED) is 0.624. The van der Waals surface area contributed by atoms with Crippen molar-refractivity contribution in [3.63, 3.8) is 0 Å². The van der Waals surface area contributed by atoms with Crippen LogP contribution >= 0.6 is 0 Å². The van der Waals surface area contributed by atoms with Crippen LogP contribution < -0.4 is 0 Å². The normalized spacial score (nSPS) is 35.1. The highest BCUT2D eigenvalue weighted by Crippen LogP contribution is 2.30. The zero-order valence-electron chi connectivity index (χ0n) is 7.96. The molecule has 0 bridgehead atoms. The predicted octanol–water partition coefficient (Wildman–Crippen LogP) is 2.38. The first kappa shape index (κ1) is 9.53. The summed E-state index contributed by atoms with van der Waals surface area (Å²) in [5.41, 5.74) is 1.21. The van der Waals surface area contributed by atoms with Gasteiger partial charge in [-0.1, -0.05) is 31.2 Å². The Bertz CT molecular complexity index is 193. The van der Waals surface area contributed by atoms with E-state index in [9.17, 15) is 0 Å². The van der Waals surface area contributed by atoms with E-state index in [1.54, 1.807) is 0 Å². The molecule has 0 amide bonds. The van der Waals surface area contributed by atoms with Crippen molar-refractivity contribution in [3.8, 4) is 0 Å². The highest BCUT2D eigenvalue weighted by atomic mass is 16.3. The van der Waals surface area contributed by atoms with Gasteiger partial charge in [-0.25, -0.2) is 0 Å². The zero-order valence-corrected chi connectivity index (χ0v) is 7.96. The second-order valence-electron chi connectivity index (χ2n) is 3.88. The summed E-state index contributed by atoms with van der Waals surface area (Å²) in [6.45, 7) is 8.45. The largest absolute Gasteiger partial charge is 0.396 e. The maximum atomic E-state index is 9.10. The third-order valence-electron chi connectivity index (χ3n) is 2.81. The zero-order chi connectivity index (χ0) is 9.14. The SMILES string of the molecule is C=C(C)[C@H]1C=C[C@H](C)[C@H](CO)C1. The van der Waals surface area contributed by atoms with Crippen molar-refractivity contribution in [1.29, 1.82) is 0 Å². The molecule has 1 heteroatoms. The second-order valence-corrected chi connectivity index (χ2v) is 3.88. The van der Waals surface area contributed by atoms with E-state index in [4.69, 9.17) is 5.11 Å². The van der Waals surface area contributed by atoms with Crippen molar-refractivity contribution < 1.29 is 5.11 Å². The summed E-state index contributed by atoms with van der Waals surface area (Å²) in [5, 5.41) is 9.10. The molecule has 1 aliphatic carbocycles. The Kier molecular flexibility index (Phi) is 3.10. The van der Waals surface area contributed by atoms with E-state index in [0.717, 1.165) is 6.42 Å². The van der Waals surface area contributed by atoms with E-state index in [1.807, 2.05) is 0 Å². The minimum absolute atomic E-state index is 0.301. The Labute approximate surface area is 74.8 Å². The molecule has 0 aliphatic heterocycles. The van der Waals surface area contributed by atoms with Gasteiger partial charge in [-0.15, -0.1) is 0 Å². The molecule has 1 nitrogen and oxygen atoms in total. The monoisotopic (exact) mass is 166 g/mol. The average molecular weight is 166 g/mol. The summed E-state index contributed by atoms with van der Waals surface area (Å²) in [4.78, 5) is 0. The lowest BCUT2D eigenvalue weighted by molar-refractivity contribution is 0.177. The molecule has 0 radical (unpaired) electrons. The minimum Gasteiger partial charge on any atom is -0.396 e. The van der Waals surface area contributed by atoms with Crippen LogP contribution in [0.15, 0.2) is 24.3 Å². The Morgan fingerprint density at radius 1 is 1.58 bits per heavy atom. The highest BCUT2D eigenvalue weighted by Gasteiger charge is 2.22. The summed E-state index contributed by atoms with van der Waals surface area (Å²) < 4.78 is 0. The number of rotatable bonds is 2. The number of allylic oxidation sites excluding steroid dienone is 3. The molecule has 0 heterocycles. The lowest BCUT2D eigenvalue weighted by atomic mass is 9.78. The van der Waals surface area contributed by atoms with Gasteiger partial charge in [0.1, 0.15) is 0 Å². The summed E-state index contributed by atoms with van der Waals surface area (Å²) in [7, 11) is 0. The lowest BCUT2D eigenvalue weighted by Gasteiger charge is -2.28. The fourth-order valence-corrected chi connectivity index (χ4v) is 1.69. The van der Waals surface area contributed by atoms with Gasteiger partial charge in [-0.2, -0.15) is 0 Å². The average Bonchev–Trinajstić information content (AvgIpc) is 2.05. The molecule has 0 saturated carbocycles. The molecule has 68 valence electrons. The molecule has 0 aromatic heterocycles. The van der Waals surface area contributed by atoms with Crippen LogP contribution in [0.2, 0.25) is 0 Å². The van der Waals surface area contributed by atoms with Crippen molar-refractivity contribution in [2.75, 3.05) is 6.61 Å². The molecule has 12 heavy (non-hydrogen) atoms. The topological polar surface area (TPSA) is 20.2 Å². The summed E-state index contributed by atoms with van der Waals surface area (Å²) >= 11 is 0. The van der Waals surface area contributed by atoms with Gasteiger partial charge in [0.2, 0.25) is 0 Å². The third kappa shape index (κ3) is 1.98. The number of aliphatic hydroxyl groups is 1. The Morgan fingerprint density at radius 3 is 2.75 bits per heavy atom. The van der Waals surface area contributed by atoms with Crippen LogP contribution in [-0.2, 0) is 0 Å². The van der Waals surface area contributed by atoms with Crippen molar-refractivity contribution in [1.82, 2.24) is 0 Å². The minimum atomic E-state index is 0.301. The molecule has 1 N–H and O–H groups in total. The second kappa shape index (κ2) is 3.90. The molecule has 0 saturated heterocycles. The van der Waals surface area contributed by atoms with Crippen LogP contribution in [0.25, 0.3) is 0 Å². The van der Waals surface area contributed by atoms with E-state index in [1.165, 1.54) is 5.57 Å². The fourth-order valence-electron chi connectivity index (χ4n) is 1.69. The molecule has 0 spiro atoms. The Balaban J connectivity index is 2.64. The molecule has 3 atom stereocenters. The van der Waals surface area contributed by atoms with Crippen LogP contribution in [0.1, 0.15) is 20.3 Å². The smallest absolute Gasteiger partial charge is 0.0465 e. The molecule has 0 fully saturated rings. The predicted molar refractivity (Wildman–Crippen MR) is 51.8 cm³/mol. The Hall–Kier alpha value is -0.560. The van der Waals surface area contributed by atoms with Gasteiger partial charge in [0.05, 0.1) is 0 Å². The van der Waals surface area contributed by atoms with Gasteiger partial charge in [0, 0.05) is 6.61 Å². The van der Waals surface area contributed by atoms with E-state index in [2.05, 4.69) is 32.6 Å². The van der Waals surface area contributed by atoms with Gasteiger partial charge in [-0.3, -0.25) is 0 Å². The standard InChI is InChI=1S/C11H18O/c1-8(2)10-5-4-9(3)11(6-10)7-12/h4-5,9-12H,1,6-7H2,2-3H3/t9-,10-,11-/m0/s1. The molecule has 0 aromatic rings. The molecular weight excluding hydrogens is 148 g/mol. The maximum absolute atomic E-state index is 9.10. The number of aliphatic hydroxyl groups excluding tert-OH is 1. The van der Waals surface area contributed by atoms with Gasteiger partial charge < -0.3 is 5.11 Å². The van der Waals surface area contributed by atoms with E-state index >= 15 is 0 Å². The highest BCUT2D eigenvalue weighted by molar-refractivity contribution is 5.12. The summed E-state index contributed by atoms with van der Waals surface area (Å²) in [6.07, 6.45) is 5.48. The number of hydrogen-bond donors (Lipinski definition) is 1. The molecular formula is C11H18O. The summed E-state index contributed by atoms with van der Waals surface area (Å²) in [6, 6.07) is 0. The molecule has 0 unspecified atom stereocenters. The van der Waals surface area contributed by atoms with E-state index < -0.39 is 0 Å². The van der Waals surface area contributed by atoms with Gasteiger partial charge >= 0.3 is 0 Å². The lowest BCUT2D eigenvalue weighted by Crippen LogP contribution is -2.22. The van der Waals surface area contributed by atoms with E-state index in [-0.39, 0.29) is 0 Å². The first-order valence-corrected chi connectivity index (χ1v) is 4.59. The first-order valence-electron chi connectivity index (χ1n) is 4.59. The first-order chi connectivity index (χ1) is 5.65.